The van der Waals surface area contributed by atoms with Crippen molar-refractivity contribution in [3.05, 3.63) is 0 Å². The molecular weight excluding hydrogens is 225 g/mol. The Morgan fingerprint density at radius 3 is 2.53 bits per heavy atom. The molecule has 2 nitrogen and oxygen atoms in total. The van der Waals surface area contributed by atoms with Gasteiger partial charge in [-0.3, -0.25) is 0 Å². The van der Waals surface area contributed by atoms with Crippen LogP contribution in [0.2, 0.25) is 0 Å². The minimum atomic E-state index is -4.08. The fourth-order valence-electron chi connectivity index (χ4n) is 1.49. The molecule has 0 unspecified atom stereocenters. The highest BCUT2D eigenvalue weighted by atomic mass is 32.2. The summed E-state index contributed by atoms with van der Waals surface area (Å²) in [5.74, 6) is 0.765. The molecule has 1 rings (SSSR count). The monoisotopic (exact) mass is 242 g/mol. The van der Waals surface area contributed by atoms with E-state index in [2.05, 4.69) is 10.6 Å². The Balaban J connectivity index is 1.92. The molecule has 6 heteroatoms. The zero-order valence-corrected chi connectivity index (χ0v) is 9.39. The SMILES string of the molecule is FC(F)(F)CNCCSC1CCNCC1. The average molecular weight is 242 g/mol. The Labute approximate surface area is 92.4 Å². The fourth-order valence-corrected chi connectivity index (χ4v) is 2.65. The molecule has 0 aromatic rings. The number of rotatable bonds is 5. The van der Waals surface area contributed by atoms with Gasteiger partial charge in [-0.1, -0.05) is 0 Å². The van der Waals surface area contributed by atoms with E-state index in [1.54, 1.807) is 11.8 Å². The van der Waals surface area contributed by atoms with Gasteiger partial charge in [-0.05, 0) is 25.9 Å². The standard InChI is InChI=1S/C9H17F3N2S/c10-9(11,12)7-14-5-6-15-8-1-3-13-4-2-8/h8,13-14H,1-7H2. The predicted molar refractivity (Wildman–Crippen MR) is 57.3 cm³/mol. The number of thioether (sulfide) groups is 1. The molecule has 0 radical (unpaired) electrons. The maximum atomic E-state index is 11.8. The molecule has 1 fully saturated rings. The summed E-state index contributed by atoms with van der Waals surface area (Å²) in [5, 5.41) is 6.29. The second-order valence-corrected chi connectivity index (χ2v) is 5.02. The molecule has 1 aliphatic heterocycles. The van der Waals surface area contributed by atoms with E-state index in [1.807, 2.05) is 0 Å². The fraction of sp³-hybridized carbons (Fsp3) is 1.00. The Morgan fingerprint density at radius 2 is 1.93 bits per heavy atom. The van der Waals surface area contributed by atoms with E-state index in [-0.39, 0.29) is 0 Å². The second-order valence-electron chi connectivity index (χ2n) is 3.61. The lowest BCUT2D eigenvalue weighted by Crippen LogP contribution is -2.32. The molecule has 0 aliphatic carbocycles. The summed E-state index contributed by atoms with van der Waals surface area (Å²) in [7, 11) is 0. The van der Waals surface area contributed by atoms with Gasteiger partial charge in [-0.2, -0.15) is 24.9 Å². The van der Waals surface area contributed by atoms with Gasteiger partial charge in [0.2, 0.25) is 0 Å². The van der Waals surface area contributed by atoms with E-state index in [0.717, 1.165) is 31.7 Å². The van der Waals surface area contributed by atoms with Crippen molar-refractivity contribution in [2.24, 2.45) is 0 Å². The lowest BCUT2D eigenvalue weighted by atomic mass is 10.2. The molecule has 0 spiro atoms. The van der Waals surface area contributed by atoms with Crippen LogP contribution in [0.3, 0.4) is 0 Å². The summed E-state index contributed by atoms with van der Waals surface area (Å²) < 4.78 is 35.3. The summed E-state index contributed by atoms with van der Waals surface area (Å²) in [5.41, 5.74) is 0. The van der Waals surface area contributed by atoms with Gasteiger partial charge in [0.25, 0.3) is 0 Å². The first kappa shape index (κ1) is 13.1. The molecule has 0 amide bonds. The molecular formula is C9H17F3N2S. The summed E-state index contributed by atoms with van der Waals surface area (Å²) in [6, 6.07) is 0. The van der Waals surface area contributed by atoms with Gasteiger partial charge in [-0.25, -0.2) is 0 Å². The number of piperidine rings is 1. The summed E-state index contributed by atoms with van der Waals surface area (Å²) in [6.45, 7) is 1.63. The van der Waals surface area contributed by atoms with Gasteiger partial charge in [-0.15, -0.1) is 0 Å². The topological polar surface area (TPSA) is 24.1 Å². The summed E-state index contributed by atoms with van der Waals surface area (Å²) in [6.07, 6.45) is -1.83. The Kier molecular flexibility index (Phi) is 5.78. The van der Waals surface area contributed by atoms with Gasteiger partial charge in [0.05, 0.1) is 6.54 Å². The third kappa shape index (κ3) is 7.03. The summed E-state index contributed by atoms with van der Waals surface area (Å²) in [4.78, 5) is 0. The number of nitrogens with one attached hydrogen (secondary N) is 2. The third-order valence-corrected chi connectivity index (χ3v) is 3.63. The van der Waals surface area contributed by atoms with Gasteiger partial charge in [0, 0.05) is 17.5 Å². The molecule has 0 saturated carbocycles. The highest BCUT2D eigenvalue weighted by Crippen LogP contribution is 2.19. The largest absolute Gasteiger partial charge is 0.401 e. The van der Waals surface area contributed by atoms with Crippen LogP contribution in [0.1, 0.15) is 12.8 Å². The van der Waals surface area contributed by atoms with Gasteiger partial charge in [0.15, 0.2) is 0 Å². The Morgan fingerprint density at radius 1 is 1.27 bits per heavy atom. The van der Waals surface area contributed by atoms with Crippen molar-refractivity contribution < 1.29 is 13.2 Å². The van der Waals surface area contributed by atoms with Crippen LogP contribution < -0.4 is 10.6 Å². The van der Waals surface area contributed by atoms with Crippen molar-refractivity contribution in [3.8, 4) is 0 Å². The quantitative estimate of drug-likeness (QED) is 0.716. The van der Waals surface area contributed by atoms with Crippen LogP contribution in [0.5, 0.6) is 0 Å². The highest BCUT2D eigenvalue weighted by molar-refractivity contribution is 7.99. The van der Waals surface area contributed by atoms with Crippen molar-refractivity contribution in [1.82, 2.24) is 10.6 Å². The van der Waals surface area contributed by atoms with Crippen molar-refractivity contribution in [2.75, 3.05) is 31.9 Å². The van der Waals surface area contributed by atoms with Gasteiger partial charge < -0.3 is 10.6 Å². The van der Waals surface area contributed by atoms with Crippen LogP contribution >= 0.6 is 11.8 Å². The molecule has 1 saturated heterocycles. The van der Waals surface area contributed by atoms with E-state index in [9.17, 15) is 13.2 Å². The molecule has 0 aromatic heterocycles. The van der Waals surface area contributed by atoms with E-state index in [4.69, 9.17) is 0 Å². The second kappa shape index (κ2) is 6.60. The Bertz CT molecular complexity index is 169. The van der Waals surface area contributed by atoms with Gasteiger partial charge >= 0.3 is 6.18 Å². The Hall–Kier alpha value is 0.0600. The molecule has 1 aliphatic rings. The number of hydrogen-bond acceptors (Lipinski definition) is 3. The zero-order valence-electron chi connectivity index (χ0n) is 8.57. The summed E-state index contributed by atoms with van der Waals surface area (Å²) >= 11 is 1.78. The molecule has 90 valence electrons. The zero-order chi connectivity index (χ0) is 11.1. The number of alkyl halides is 3. The third-order valence-electron chi connectivity index (χ3n) is 2.24. The maximum Gasteiger partial charge on any atom is 0.401 e. The maximum absolute atomic E-state index is 11.8. The number of halogens is 3. The lowest BCUT2D eigenvalue weighted by molar-refractivity contribution is -0.124. The number of hydrogen-bond donors (Lipinski definition) is 2. The van der Waals surface area contributed by atoms with Crippen LogP contribution in [0.25, 0.3) is 0 Å². The van der Waals surface area contributed by atoms with Crippen molar-refractivity contribution in [2.45, 2.75) is 24.3 Å². The van der Waals surface area contributed by atoms with Crippen LogP contribution in [0.15, 0.2) is 0 Å². The van der Waals surface area contributed by atoms with E-state index < -0.39 is 12.7 Å². The first-order valence-electron chi connectivity index (χ1n) is 5.18. The molecule has 1 heterocycles. The van der Waals surface area contributed by atoms with E-state index in [0.29, 0.717) is 11.8 Å². The molecule has 0 bridgehead atoms. The van der Waals surface area contributed by atoms with Crippen molar-refractivity contribution in [1.29, 1.82) is 0 Å². The first-order chi connectivity index (χ1) is 7.08. The van der Waals surface area contributed by atoms with E-state index >= 15 is 0 Å². The van der Waals surface area contributed by atoms with Crippen molar-refractivity contribution >= 4 is 11.8 Å². The normalized spacial score (nSPS) is 19.4. The first-order valence-corrected chi connectivity index (χ1v) is 6.22. The average Bonchev–Trinajstić information content (AvgIpc) is 2.17. The van der Waals surface area contributed by atoms with Crippen molar-refractivity contribution in [3.63, 3.8) is 0 Å². The predicted octanol–water partition coefficient (Wildman–Crippen LogP) is 1.62. The van der Waals surface area contributed by atoms with Crippen LogP contribution in [0.4, 0.5) is 13.2 Å². The van der Waals surface area contributed by atoms with Crippen LogP contribution in [0, 0.1) is 0 Å². The van der Waals surface area contributed by atoms with E-state index in [1.165, 1.54) is 0 Å². The molecule has 2 N–H and O–H groups in total. The van der Waals surface area contributed by atoms with Gasteiger partial charge in [0.1, 0.15) is 0 Å². The van der Waals surface area contributed by atoms with Crippen LogP contribution in [-0.2, 0) is 0 Å². The van der Waals surface area contributed by atoms with Crippen LogP contribution in [-0.4, -0.2) is 43.4 Å². The molecule has 15 heavy (non-hydrogen) atoms. The lowest BCUT2D eigenvalue weighted by Gasteiger charge is -2.22. The smallest absolute Gasteiger partial charge is 0.317 e. The highest BCUT2D eigenvalue weighted by Gasteiger charge is 2.25. The molecule has 0 aromatic carbocycles. The molecule has 0 atom stereocenters. The minimum absolute atomic E-state index is 0.439. The minimum Gasteiger partial charge on any atom is -0.317 e.